The fourth-order valence-electron chi connectivity index (χ4n) is 4.16. The monoisotopic (exact) mass is 347 g/mol. The Morgan fingerprint density at radius 2 is 1.77 bits per heavy atom. The van der Waals surface area contributed by atoms with Gasteiger partial charge in [-0.1, -0.05) is 50.6 Å². The average molecular weight is 347 g/mol. The molecule has 1 aliphatic rings. The summed E-state index contributed by atoms with van der Waals surface area (Å²) in [6, 6.07) is 15.4. The van der Waals surface area contributed by atoms with Crippen molar-refractivity contribution in [2.24, 2.45) is 0 Å². The van der Waals surface area contributed by atoms with E-state index in [0.29, 0.717) is 11.8 Å². The molecule has 26 heavy (non-hydrogen) atoms. The van der Waals surface area contributed by atoms with Crippen molar-refractivity contribution in [3.05, 3.63) is 65.6 Å². The minimum absolute atomic E-state index is 0.184. The zero-order valence-corrected chi connectivity index (χ0v) is 15.6. The van der Waals surface area contributed by atoms with Crippen LogP contribution in [0.5, 0.6) is 0 Å². The number of aromatic nitrogens is 1. The van der Waals surface area contributed by atoms with E-state index in [-0.39, 0.29) is 5.82 Å². The number of benzene rings is 2. The van der Waals surface area contributed by atoms with Crippen molar-refractivity contribution in [1.82, 2.24) is 4.98 Å². The lowest BCUT2D eigenvalue weighted by atomic mass is 9.82. The van der Waals surface area contributed by atoms with Crippen LogP contribution in [0, 0.1) is 5.82 Å². The van der Waals surface area contributed by atoms with E-state index < -0.39 is 0 Å². The van der Waals surface area contributed by atoms with E-state index in [9.17, 15) is 4.39 Å². The summed E-state index contributed by atoms with van der Waals surface area (Å²) in [5, 5.41) is 1.19. The van der Waals surface area contributed by atoms with Crippen LogP contribution < -0.4 is 0 Å². The molecule has 1 heterocycles. The van der Waals surface area contributed by atoms with Crippen LogP contribution in [0.1, 0.15) is 69.0 Å². The SMILES string of the molecule is CCCC(CC)c1c(C2CC2)nc2ccccc2c1-c1ccc(F)cc1. The molecular formula is C24H26FN. The van der Waals surface area contributed by atoms with Crippen LogP contribution in [0.3, 0.4) is 0 Å². The molecule has 0 bridgehead atoms. The molecule has 2 heteroatoms. The van der Waals surface area contributed by atoms with E-state index in [0.717, 1.165) is 23.9 Å². The van der Waals surface area contributed by atoms with E-state index in [4.69, 9.17) is 4.98 Å². The van der Waals surface area contributed by atoms with Gasteiger partial charge in [-0.2, -0.15) is 0 Å². The Hall–Kier alpha value is -2.22. The van der Waals surface area contributed by atoms with Crippen molar-refractivity contribution in [2.45, 2.75) is 57.8 Å². The van der Waals surface area contributed by atoms with Gasteiger partial charge in [0.2, 0.25) is 0 Å². The number of hydrogen-bond acceptors (Lipinski definition) is 1. The van der Waals surface area contributed by atoms with E-state index >= 15 is 0 Å². The van der Waals surface area contributed by atoms with E-state index in [1.807, 2.05) is 12.1 Å². The Labute approximate surface area is 155 Å². The van der Waals surface area contributed by atoms with Crippen LogP contribution in [-0.4, -0.2) is 4.98 Å². The molecule has 0 saturated heterocycles. The zero-order chi connectivity index (χ0) is 18.1. The summed E-state index contributed by atoms with van der Waals surface area (Å²) in [6.07, 6.45) is 5.93. The Balaban J connectivity index is 2.05. The number of nitrogens with zero attached hydrogens (tertiary/aromatic N) is 1. The molecule has 0 spiro atoms. The van der Waals surface area contributed by atoms with Gasteiger partial charge in [-0.05, 0) is 66.5 Å². The van der Waals surface area contributed by atoms with Crippen molar-refractivity contribution in [2.75, 3.05) is 0 Å². The molecule has 3 aromatic rings. The van der Waals surface area contributed by atoms with Gasteiger partial charge in [0.05, 0.1) is 5.52 Å². The first-order valence-electron chi connectivity index (χ1n) is 9.91. The molecule has 0 radical (unpaired) electrons. The average Bonchev–Trinajstić information content (AvgIpc) is 3.51. The highest BCUT2D eigenvalue weighted by Gasteiger charge is 2.32. The molecule has 1 aliphatic carbocycles. The topological polar surface area (TPSA) is 12.9 Å². The summed E-state index contributed by atoms with van der Waals surface area (Å²) in [4.78, 5) is 5.12. The van der Waals surface area contributed by atoms with E-state index in [2.05, 4.69) is 38.1 Å². The van der Waals surface area contributed by atoms with Gasteiger partial charge in [-0.25, -0.2) is 4.39 Å². The second-order valence-corrected chi connectivity index (χ2v) is 7.48. The first kappa shape index (κ1) is 17.2. The maximum atomic E-state index is 13.6. The van der Waals surface area contributed by atoms with Crippen molar-refractivity contribution in [3.63, 3.8) is 0 Å². The minimum atomic E-state index is -0.184. The van der Waals surface area contributed by atoms with Gasteiger partial charge in [-0.3, -0.25) is 4.98 Å². The lowest BCUT2D eigenvalue weighted by Gasteiger charge is -2.24. The zero-order valence-electron chi connectivity index (χ0n) is 15.6. The highest BCUT2D eigenvalue weighted by atomic mass is 19.1. The molecule has 1 saturated carbocycles. The molecule has 134 valence electrons. The van der Waals surface area contributed by atoms with Crippen LogP contribution in [0.15, 0.2) is 48.5 Å². The smallest absolute Gasteiger partial charge is 0.123 e. The van der Waals surface area contributed by atoms with Gasteiger partial charge in [0.25, 0.3) is 0 Å². The number of halogens is 1. The third kappa shape index (κ3) is 3.13. The number of rotatable bonds is 6. The minimum Gasteiger partial charge on any atom is -0.252 e. The van der Waals surface area contributed by atoms with Crippen molar-refractivity contribution in [1.29, 1.82) is 0 Å². The summed E-state index contributed by atoms with van der Waals surface area (Å²) < 4.78 is 13.6. The predicted octanol–water partition coefficient (Wildman–Crippen LogP) is 7.21. The second kappa shape index (κ2) is 7.19. The lowest BCUT2D eigenvalue weighted by molar-refractivity contribution is 0.589. The van der Waals surface area contributed by atoms with Crippen LogP contribution in [0.25, 0.3) is 22.0 Å². The Kier molecular flexibility index (Phi) is 4.76. The molecule has 0 aliphatic heterocycles. The Morgan fingerprint density at radius 1 is 1.04 bits per heavy atom. The molecule has 1 aromatic heterocycles. The number of hydrogen-bond donors (Lipinski definition) is 0. The lowest BCUT2D eigenvalue weighted by Crippen LogP contribution is -2.07. The van der Waals surface area contributed by atoms with Crippen molar-refractivity contribution < 1.29 is 4.39 Å². The van der Waals surface area contributed by atoms with Crippen molar-refractivity contribution in [3.8, 4) is 11.1 Å². The molecule has 1 unspecified atom stereocenters. The summed E-state index contributed by atoms with van der Waals surface area (Å²) in [5.74, 6) is 0.921. The Bertz CT molecular complexity index is 909. The Morgan fingerprint density at radius 3 is 2.42 bits per heavy atom. The van der Waals surface area contributed by atoms with E-state index in [1.165, 1.54) is 41.5 Å². The van der Waals surface area contributed by atoms with Crippen LogP contribution in [-0.2, 0) is 0 Å². The molecule has 2 aromatic carbocycles. The van der Waals surface area contributed by atoms with Gasteiger partial charge in [0.15, 0.2) is 0 Å². The first-order valence-corrected chi connectivity index (χ1v) is 9.91. The van der Waals surface area contributed by atoms with Gasteiger partial charge < -0.3 is 0 Å². The fourth-order valence-corrected chi connectivity index (χ4v) is 4.16. The first-order chi connectivity index (χ1) is 12.7. The molecule has 1 atom stereocenters. The molecule has 0 amide bonds. The number of para-hydroxylation sites is 1. The van der Waals surface area contributed by atoms with Gasteiger partial charge >= 0.3 is 0 Å². The summed E-state index contributed by atoms with van der Waals surface area (Å²) in [5.41, 5.74) is 6.16. The second-order valence-electron chi connectivity index (χ2n) is 7.48. The molecule has 4 rings (SSSR count). The van der Waals surface area contributed by atoms with Gasteiger partial charge in [-0.15, -0.1) is 0 Å². The quantitative estimate of drug-likeness (QED) is 0.459. The normalized spacial score (nSPS) is 15.3. The fraction of sp³-hybridized carbons (Fsp3) is 0.375. The third-order valence-corrected chi connectivity index (χ3v) is 5.59. The number of fused-ring (bicyclic) bond motifs is 1. The molecular weight excluding hydrogens is 321 g/mol. The summed E-state index contributed by atoms with van der Waals surface area (Å²) in [7, 11) is 0. The largest absolute Gasteiger partial charge is 0.252 e. The standard InChI is InChI=1S/C24H26FN/c1-3-7-16(4-2)23-22(17-12-14-19(25)15-13-17)20-8-5-6-9-21(20)26-24(23)18-10-11-18/h5-6,8-9,12-16,18H,3-4,7,10-11H2,1-2H3. The van der Waals surface area contributed by atoms with Crippen LogP contribution in [0.2, 0.25) is 0 Å². The molecule has 1 nitrogen and oxygen atoms in total. The third-order valence-electron chi connectivity index (χ3n) is 5.59. The van der Waals surface area contributed by atoms with E-state index in [1.54, 1.807) is 12.1 Å². The maximum absolute atomic E-state index is 13.6. The van der Waals surface area contributed by atoms with Crippen LogP contribution in [0.4, 0.5) is 4.39 Å². The molecule has 1 fully saturated rings. The van der Waals surface area contributed by atoms with Crippen molar-refractivity contribution >= 4 is 10.9 Å². The summed E-state index contributed by atoms with van der Waals surface area (Å²) >= 11 is 0. The van der Waals surface area contributed by atoms with Gasteiger partial charge in [0, 0.05) is 17.0 Å². The maximum Gasteiger partial charge on any atom is 0.123 e. The number of pyridine rings is 1. The highest BCUT2D eigenvalue weighted by Crippen LogP contribution is 2.48. The predicted molar refractivity (Wildman–Crippen MR) is 107 cm³/mol. The van der Waals surface area contributed by atoms with Gasteiger partial charge in [0.1, 0.15) is 5.82 Å². The van der Waals surface area contributed by atoms with Crippen LogP contribution >= 0.6 is 0 Å². The molecule has 0 N–H and O–H groups in total. The summed E-state index contributed by atoms with van der Waals surface area (Å²) in [6.45, 7) is 4.53. The highest BCUT2D eigenvalue weighted by molar-refractivity contribution is 5.97.